The summed E-state index contributed by atoms with van der Waals surface area (Å²) in [7, 11) is 1.93. The largest absolute Gasteiger partial charge is 0.392 e. The molecule has 74 valence electrons. The van der Waals surface area contributed by atoms with Gasteiger partial charge in [0.15, 0.2) is 0 Å². The number of terminal acetylenes is 1. The molecule has 0 radical (unpaired) electrons. The fourth-order valence-corrected chi connectivity index (χ4v) is 1.62. The molecule has 0 bridgehead atoms. The molecule has 14 heavy (non-hydrogen) atoms. The zero-order valence-corrected chi connectivity index (χ0v) is 9.58. The van der Waals surface area contributed by atoms with E-state index in [0.717, 1.165) is 15.7 Å². The lowest BCUT2D eigenvalue weighted by Gasteiger charge is -2.17. The van der Waals surface area contributed by atoms with Gasteiger partial charge in [0.1, 0.15) is 0 Å². The first kappa shape index (κ1) is 11.1. The van der Waals surface area contributed by atoms with Gasteiger partial charge in [-0.3, -0.25) is 0 Å². The van der Waals surface area contributed by atoms with Crippen LogP contribution in [0.25, 0.3) is 0 Å². The van der Waals surface area contributed by atoms with Crippen LogP contribution >= 0.6 is 15.9 Å². The molecule has 0 aliphatic heterocycles. The second kappa shape index (κ2) is 5.04. The van der Waals surface area contributed by atoms with Gasteiger partial charge in [0.05, 0.1) is 13.2 Å². The van der Waals surface area contributed by atoms with Crippen molar-refractivity contribution in [1.29, 1.82) is 0 Å². The molecule has 0 heterocycles. The van der Waals surface area contributed by atoms with Gasteiger partial charge < -0.3 is 10.0 Å². The number of anilines is 1. The van der Waals surface area contributed by atoms with E-state index in [1.54, 1.807) is 0 Å². The summed E-state index contributed by atoms with van der Waals surface area (Å²) in [5, 5.41) is 8.98. The number of nitrogens with zero attached hydrogens (tertiary/aromatic N) is 1. The van der Waals surface area contributed by atoms with Gasteiger partial charge in [-0.1, -0.05) is 27.9 Å². The van der Waals surface area contributed by atoms with Crippen LogP contribution in [0, 0.1) is 12.3 Å². The molecular formula is C11H12BrNO. The molecule has 3 heteroatoms. The molecule has 0 saturated heterocycles. The maximum atomic E-state index is 8.98. The van der Waals surface area contributed by atoms with Crippen LogP contribution in [0.15, 0.2) is 22.7 Å². The molecule has 0 aliphatic carbocycles. The molecule has 1 aromatic carbocycles. The van der Waals surface area contributed by atoms with E-state index >= 15 is 0 Å². The number of benzene rings is 1. The van der Waals surface area contributed by atoms with Crippen LogP contribution in [0.2, 0.25) is 0 Å². The highest BCUT2D eigenvalue weighted by Crippen LogP contribution is 2.23. The van der Waals surface area contributed by atoms with Gasteiger partial charge in [-0.25, -0.2) is 0 Å². The Morgan fingerprint density at radius 1 is 1.57 bits per heavy atom. The number of hydrogen-bond donors (Lipinski definition) is 1. The third kappa shape index (κ3) is 2.50. The molecule has 1 aromatic rings. The normalized spacial score (nSPS) is 9.57. The summed E-state index contributed by atoms with van der Waals surface area (Å²) < 4.78 is 0.904. The van der Waals surface area contributed by atoms with Crippen LogP contribution in [0.1, 0.15) is 5.56 Å². The number of halogens is 1. The van der Waals surface area contributed by atoms with E-state index in [0.29, 0.717) is 6.54 Å². The Labute approximate surface area is 92.7 Å². The van der Waals surface area contributed by atoms with Gasteiger partial charge in [0, 0.05) is 17.2 Å². The van der Waals surface area contributed by atoms with Crippen LogP contribution in [0.3, 0.4) is 0 Å². The van der Waals surface area contributed by atoms with Gasteiger partial charge in [0.2, 0.25) is 0 Å². The SMILES string of the molecule is C#CCN(C)c1ccc(CO)c(Br)c1. The average molecular weight is 254 g/mol. The standard InChI is InChI=1S/C11H12BrNO/c1-3-6-13(2)10-5-4-9(8-14)11(12)7-10/h1,4-5,7,14H,6,8H2,2H3. The Bertz CT molecular complexity index is 357. The smallest absolute Gasteiger partial charge is 0.0788 e. The zero-order valence-electron chi connectivity index (χ0n) is 8.00. The Kier molecular flexibility index (Phi) is 3.99. The number of aliphatic hydroxyl groups excluding tert-OH is 1. The van der Waals surface area contributed by atoms with E-state index in [9.17, 15) is 0 Å². The fraction of sp³-hybridized carbons (Fsp3) is 0.273. The second-order valence-corrected chi connectivity index (χ2v) is 3.85. The summed E-state index contributed by atoms with van der Waals surface area (Å²) in [4.78, 5) is 1.96. The van der Waals surface area contributed by atoms with Crippen LogP contribution < -0.4 is 4.90 Å². The van der Waals surface area contributed by atoms with Crippen molar-refractivity contribution in [3.8, 4) is 12.3 Å². The van der Waals surface area contributed by atoms with E-state index in [-0.39, 0.29) is 6.61 Å². The number of aliphatic hydroxyl groups is 1. The highest BCUT2D eigenvalue weighted by Gasteiger charge is 2.03. The minimum Gasteiger partial charge on any atom is -0.392 e. The summed E-state index contributed by atoms with van der Waals surface area (Å²) in [5.41, 5.74) is 1.91. The quantitative estimate of drug-likeness (QED) is 0.834. The summed E-state index contributed by atoms with van der Waals surface area (Å²) in [6.45, 7) is 0.616. The van der Waals surface area contributed by atoms with Crippen molar-refractivity contribution in [2.45, 2.75) is 6.61 Å². The van der Waals surface area contributed by atoms with E-state index in [1.807, 2.05) is 30.1 Å². The van der Waals surface area contributed by atoms with Crippen molar-refractivity contribution >= 4 is 21.6 Å². The average Bonchev–Trinajstić information content (AvgIpc) is 2.18. The van der Waals surface area contributed by atoms with Crippen molar-refractivity contribution in [3.63, 3.8) is 0 Å². The second-order valence-electron chi connectivity index (χ2n) is 2.99. The summed E-state index contributed by atoms with van der Waals surface area (Å²) in [5.74, 6) is 2.58. The van der Waals surface area contributed by atoms with Gasteiger partial charge in [0.25, 0.3) is 0 Å². The minimum absolute atomic E-state index is 0.0414. The van der Waals surface area contributed by atoms with Crippen LogP contribution in [0.5, 0.6) is 0 Å². The van der Waals surface area contributed by atoms with E-state index in [1.165, 1.54) is 0 Å². The summed E-state index contributed by atoms with van der Waals surface area (Å²) in [6.07, 6.45) is 5.22. The predicted octanol–water partition coefficient (Wildman–Crippen LogP) is 2.01. The maximum Gasteiger partial charge on any atom is 0.0788 e. The third-order valence-electron chi connectivity index (χ3n) is 1.98. The monoisotopic (exact) mass is 253 g/mol. The molecule has 0 amide bonds. The van der Waals surface area contributed by atoms with Crippen LogP contribution in [-0.2, 0) is 6.61 Å². The first-order valence-corrected chi connectivity index (χ1v) is 5.02. The molecule has 0 aromatic heterocycles. The highest BCUT2D eigenvalue weighted by atomic mass is 79.9. The van der Waals surface area contributed by atoms with Crippen LogP contribution in [0.4, 0.5) is 5.69 Å². The summed E-state index contributed by atoms with van der Waals surface area (Å²) in [6, 6.07) is 5.77. The molecule has 1 rings (SSSR count). The molecule has 2 nitrogen and oxygen atoms in total. The topological polar surface area (TPSA) is 23.5 Å². The molecule has 0 fully saturated rings. The third-order valence-corrected chi connectivity index (χ3v) is 2.71. The first-order chi connectivity index (χ1) is 6.69. The van der Waals surface area contributed by atoms with Crippen molar-refractivity contribution in [2.24, 2.45) is 0 Å². The zero-order chi connectivity index (χ0) is 10.6. The van der Waals surface area contributed by atoms with Gasteiger partial charge in [-0.15, -0.1) is 6.42 Å². The highest BCUT2D eigenvalue weighted by molar-refractivity contribution is 9.10. The van der Waals surface area contributed by atoms with Crippen molar-refractivity contribution in [2.75, 3.05) is 18.5 Å². The summed E-state index contributed by atoms with van der Waals surface area (Å²) >= 11 is 3.39. The lowest BCUT2D eigenvalue weighted by molar-refractivity contribution is 0.281. The van der Waals surface area contributed by atoms with E-state index in [4.69, 9.17) is 11.5 Å². The van der Waals surface area contributed by atoms with Gasteiger partial charge in [-0.05, 0) is 17.7 Å². The van der Waals surface area contributed by atoms with Gasteiger partial charge >= 0.3 is 0 Å². The Hall–Kier alpha value is -0.980. The van der Waals surface area contributed by atoms with Crippen molar-refractivity contribution < 1.29 is 5.11 Å². The minimum atomic E-state index is 0.0414. The molecule has 0 saturated carbocycles. The number of hydrogen-bond acceptors (Lipinski definition) is 2. The Morgan fingerprint density at radius 2 is 2.29 bits per heavy atom. The molecule has 0 unspecified atom stereocenters. The Morgan fingerprint density at radius 3 is 2.79 bits per heavy atom. The molecular weight excluding hydrogens is 242 g/mol. The molecule has 0 spiro atoms. The lowest BCUT2D eigenvalue weighted by Crippen LogP contribution is -2.16. The van der Waals surface area contributed by atoms with E-state index in [2.05, 4.69) is 21.9 Å². The first-order valence-electron chi connectivity index (χ1n) is 4.23. The van der Waals surface area contributed by atoms with Crippen molar-refractivity contribution in [1.82, 2.24) is 0 Å². The van der Waals surface area contributed by atoms with Crippen molar-refractivity contribution in [3.05, 3.63) is 28.2 Å². The maximum absolute atomic E-state index is 8.98. The fourth-order valence-electron chi connectivity index (χ4n) is 1.13. The number of rotatable bonds is 3. The van der Waals surface area contributed by atoms with Gasteiger partial charge in [-0.2, -0.15) is 0 Å². The lowest BCUT2D eigenvalue weighted by atomic mass is 10.2. The van der Waals surface area contributed by atoms with E-state index < -0.39 is 0 Å². The molecule has 0 aliphatic rings. The predicted molar refractivity (Wildman–Crippen MR) is 62.2 cm³/mol. The Balaban J connectivity index is 2.92. The van der Waals surface area contributed by atoms with Crippen LogP contribution in [-0.4, -0.2) is 18.7 Å². The molecule has 1 N–H and O–H groups in total. The molecule has 0 atom stereocenters.